The number of anilines is 3. The molecule has 2 rings (SSSR count). The third-order valence-electron chi connectivity index (χ3n) is 2.24. The maximum Gasteiger partial charge on any atom is 0.144 e. The molecule has 3 N–H and O–H groups in total. The molecule has 0 atom stereocenters. The van der Waals surface area contributed by atoms with Crippen molar-refractivity contribution in [2.75, 3.05) is 11.1 Å². The minimum Gasteiger partial charge on any atom is -0.397 e. The molecule has 0 amide bonds. The Morgan fingerprint density at radius 3 is 2.82 bits per heavy atom. The minimum absolute atomic E-state index is 0.609. The van der Waals surface area contributed by atoms with E-state index >= 15 is 0 Å². The molecule has 0 saturated carbocycles. The van der Waals surface area contributed by atoms with Crippen molar-refractivity contribution in [3.63, 3.8) is 0 Å². The first kappa shape index (κ1) is 12.2. The Hall–Kier alpha value is -1.26. The number of benzene rings is 1. The number of halogens is 2. The minimum atomic E-state index is 0.609. The van der Waals surface area contributed by atoms with E-state index in [9.17, 15) is 0 Å². The highest BCUT2D eigenvalue weighted by Gasteiger charge is 2.05. The summed E-state index contributed by atoms with van der Waals surface area (Å²) in [6.07, 6.45) is 1.59. The Bertz CT molecular complexity index is 557. The Morgan fingerprint density at radius 1 is 1.35 bits per heavy atom. The lowest BCUT2D eigenvalue weighted by Gasteiger charge is -2.10. The molecule has 2 aromatic rings. The maximum atomic E-state index is 6.10. The highest BCUT2D eigenvalue weighted by Crippen LogP contribution is 2.29. The molecule has 0 bridgehead atoms. The van der Waals surface area contributed by atoms with E-state index in [1.165, 1.54) is 0 Å². The lowest BCUT2D eigenvalue weighted by Crippen LogP contribution is -1.97. The fourth-order valence-electron chi connectivity index (χ4n) is 1.41. The van der Waals surface area contributed by atoms with Crippen LogP contribution in [0.2, 0.25) is 5.02 Å². The molecular formula is C12H11BrClN3. The van der Waals surface area contributed by atoms with Crippen molar-refractivity contribution in [1.82, 2.24) is 4.98 Å². The van der Waals surface area contributed by atoms with Crippen LogP contribution in [0.3, 0.4) is 0 Å². The van der Waals surface area contributed by atoms with Gasteiger partial charge in [0.15, 0.2) is 0 Å². The first-order valence-electron chi connectivity index (χ1n) is 5.00. The van der Waals surface area contributed by atoms with Crippen LogP contribution < -0.4 is 11.1 Å². The van der Waals surface area contributed by atoms with E-state index < -0.39 is 0 Å². The van der Waals surface area contributed by atoms with Crippen LogP contribution in [0.25, 0.3) is 0 Å². The maximum absolute atomic E-state index is 6.10. The van der Waals surface area contributed by atoms with Crippen LogP contribution >= 0.6 is 27.5 Å². The summed E-state index contributed by atoms with van der Waals surface area (Å²) >= 11 is 9.50. The smallest absolute Gasteiger partial charge is 0.144 e. The molecule has 1 heterocycles. The predicted molar refractivity (Wildman–Crippen MR) is 75.8 cm³/mol. The number of nitrogen functional groups attached to an aromatic ring is 1. The normalized spacial score (nSPS) is 10.3. The zero-order chi connectivity index (χ0) is 12.4. The van der Waals surface area contributed by atoms with Gasteiger partial charge in [-0.05, 0) is 46.6 Å². The van der Waals surface area contributed by atoms with Crippen LogP contribution in [-0.4, -0.2) is 4.98 Å². The second-order valence-electron chi connectivity index (χ2n) is 3.71. The highest BCUT2D eigenvalue weighted by atomic mass is 79.9. The molecule has 0 aliphatic rings. The van der Waals surface area contributed by atoms with Crippen LogP contribution in [0.5, 0.6) is 0 Å². The highest BCUT2D eigenvalue weighted by molar-refractivity contribution is 9.10. The number of hydrogen-bond donors (Lipinski definition) is 2. The number of pyridine rings is 1. The second kappa shape index (κ2) is 4.94. The molecule has 0 aliphatic heterocycles. The SMILES string of the molecule is Cc1ccc(Cl)c(Nc2ncc(N)cc2Br)c1. The Kier molecular flexibility index (Phi) is 3.54. The Labute approximate surface area is 113 Å². The van der Waals surface area contributed by atoms with Gasteiger partial charge in [0.2, 0.25) is 0 Å². The van der Waals surface area contributed by atoms with Gasteiger partial charge in [-0.1, -0.05) is 17.7 Å². The van der Waals surface area contributed by atoms with E-state index in [2.05, 4.69) is 26.2 Å². The lowest BCUT2D eigenvalue weighted by atomic mass is 10.2. The third-order valence-corrected chi connectivity index (χ3v) is 3.17. The molecular weight excluding hydrogens is 302 g/mol. The molecule has 0 spiro atoms. The van der Waals surface area contributed by atoms with Crippen molar-refractivity contribution in [2.24, 2.45) is 0 Å². The molecule has 0 saturated heterocycles. The fourth-order valence-corrected chi connectivity index (χ4v) is 2.04. The zero-order valence-electron chi connectivity index (χ0n) is 9.17. The van der Waals surface area contributed by atoms with Crippen molar-refractivity contribution in [3.8, 4) is 0 Å². The molecule has 1 aromatic carbocycles. The molecule has 1 aromatic heterocycles. The summed E-state index contributed by atoms with van der Waals surface area (Å²) in [4.78, 5) is 4.20. The number of hydrogen-bond acceptors (Lipinski definition) is 3. The number of nitrogens with one attached hydrogen (secondary N) is 1. The molecule has 5 heteroatoms. The van der Waals surface area contributed by atoms with Gasteiger partial charge in [0.25, 0.3) is 0 Å². The Morgan fingerprint density at radius 2 is 2.12 bits per heavy atom. The molecule has 0 fully saturated rings. The topological polar surface area (TPSA) is 50.9 Å². The van der Waals surface area contributed by atoms with Gasteiger partial charge in [0.1, 0.15) is 5.82 Å². The number of aryl methyl sites for hydroxylation is 1. The van der Waals surface area contributed by atoms with Crippen molar-refractivity contribution in [1.29, 1.82) is 0 Å². The molecule has 17 heavy (non-hydrogen) atoms. The lowest BCUT2D eigenvalue weighted by molar-refractivity contribution is 1.29. The second-order valence-corrected chi connectivity index (χ2v) is 4.97. The van der Waals surface area contributed by atoms with Gasteiger partial charge in [-0.3, -0.25) is 0 Å². The third kappa shape index (κ3) is 2.90. The summed E-state index contributed by atoms with van der Waals surface area (Å²) in [5, 5.41) is 3.82. The standard InChI is InChI=1S/C12H11BrClN3/c1-7-2-3-10(14)11(4-7)17-12-9(13)5-8(15)6-16-12/h2-6H,15H2,1H3,(H,16,17). The van der Waals surface area contributed by atoms with Crippen molar-refractivity contribution < 1.29 is 0 Å². The van der Waals surface area contributed by atoms with Crippen molar-refractivity contribution in [2.45, 2.75) is 6.92 Å². The fraction of sp³-hybridized carbons (Fsp3) is 0.0833. The average molecular weight is 313 g/mol. The van der Waals surface area contributed by atoms with Crippen LogP contribution in [-0.2, 0) is 0 Å². The zero-order valence-corrected chi connectivity index (χ0v) is 11.5. The molecule has 88 valence electrons. The summed E-state index contributed by atoms with van der Waals surface area (Å²) in [6, 6.07) is 7.56. The van der Waals surface area contributed by atoms with Gasteiger partial charge in [-0.15, -0.1) is 0 Å². The summed E-state index contributed by atoms with van der Waals surface area (Å²) in [5.74, 6) is 0.687. The van der Waals surface area contributed by atoms with E-state index in [0.29, 0.717) is 16.5 Å². The van der Waals surface area contributed by atoms with Gasteiger partial charge in [0, 0.05) is 0 Å². The largest absolute Gasteiger partial charge is 0.397 e. The molecule has 0 aliphatic carbocycles. The first-order chi connectivity index (χ1) is 8.06. The number of rotatable bonds is 2. The van der Waals surface area contributed by atoms with E-state index in [4.69, 9.17) is 17.3 Å². The van der Waals surface area contributed by atoms with Gasteiger partial charge in [0.05, 0.1) is 27.1 Å². The molecule has 3 nitrogen and oxygen atoms in total. The van der Waals surface area contributed by atoms with Crippen LogP contribution in [0.4, 0.5) is 17.2 Å². The summed E-state index contributed by atoms with van der Waals surface area (Å²) in [7, 11) is 0. The summed E-state index contributed by atoms with van der Waals surface area (Å²) < 4.78 is 0.801. The number of nitrogens with two attached hydrogens (primary N) is 1. The quantitative estimate of drug-likeness (QED) is 0.876. The first-order valence-corrected chi connectivity index (χ1v) is 6.17. The molecule has 0 radical (unpaired) electrons. The van der Waals surface area contributed by atoms with Crippen LogP contribution in [0, 0.1) is 6.92 Å². The summed E-state index contributed by atoms with van der Waals surface area (Å²) in [6.45, 7) is 2.01. The van der Waals surface area contributed by atoms with Gasteiger partial charge in [-0.25, -0.2) is 4.98 Å². The van der Waals surface area contributed by atoms with Crippen molar-refractivity contribution >= 4 is 44.7 Å². The van der Waals surface area contributed by atoms with Crippen LogP contribution in [0.15, 0.2) is 34.9 Å². The summed E-state index contributed by atoms with van der Waals surface area (Å²) in [5.41, 5.74) is 8.19. The molecule has 0 unspecified atom stereocenters. The Balaban J connectivity index is 2.34. The van der Waals surface area contributed by atoms with E-state index in [-0.39, 0.29) is 0 Å². The van der Waals surface area contributed by atoms with E-state index in [0.717, 1.165) is 15.7 Å². The van der Waals surface area contributed by atoms with Crippen LogP contribution in [0.1, 0.15) is 5.56 Å². The van der Waals surface area contributed by atoms with E-state index in [1.807, 2.05) is 25.1 Å². The number of aromatic nitrogens is 1. The average Bonchev–Trinajstić information content (AvgIpc) is 2.27. The van der Waals surface area contributed by atoms with Gasteiger partial charge < -0.3 is 11.1 Å². The van der Waals surface area contributed by atoms with E-state index in [1.54, 1.807) is 12.3 Å². The monoisotopic (exact) mass is 311 g/mol. The predicted octanol–water partition coefficient (Wildman–Crippen LogP) is 4.13. The number of nitrogens with zero attached hydrogens (tertiary/aromatic N) is 1. The van der Waals surface area contributed by atoms with Gasteiger partial charge >= 0.3 is 0 Å². The van der Waals surface area contributed by atoms with Crippen molar-refractivity contribution in [3.05, 3.63) is 45.5 Å². The van der Waals surface area contributed by atoms with Gasteiger partial charge in [-0.2, -0.15) is 0 Å².